The molecule has 0 amide bonds. The maximum atomic E-state index is 5.44. The third-order valence-electron chi connectivity index (χ3n) is 4.13. The molecule has 0 aliphatic carbocycles. The number of hydrogen-bond acceptors (Lipinski definition) is 2. The Kier molecular flexibility index (Phi) is 5.26. The summed E-state index contributed by atoms with van der Waals surface area (Å²) >= 11 is 5.44. The van der Waals surface area contributed by atoms with Crippen LogP contribution in [0.5, 0.6) is 0 Å². The van der Waals surface area contributed by atoms with E-state index in [9.17, 15) is 0 Å². The molecule has 1 aliphatic heterocycles. The van der Waals surface area contributed by atoms with Gasteiger partial charge in [-0.1, -0.05) is 42.5 Å². The highest BCUT2D eigenvalue weighted by Gasteiger charge is 2.22. The molecule has 2 aromatic rings. The smallest absolute Gasteiger partial charge is 0.171 e. The maximum Gasteiger partial charge on any atom is 0.171 e. The molecule has 1 fully saturated rings. The fraction of sp³-hybridized carbons (Fsp3) is 0.316. The molecule has 2 aromatic carbocycles. The molecule has 3 rings (SSSR count). The van der Waals surface area contributed by atoms with Gasteiger partial charge in [-0.2, -0.15) is 0 Å². The van der Waals surface area contributed by atoms with E-state index < -0.39 is 0 Å². The first-order chi connectivity index (χ1) is 11.2. The Labute approximate surface area is 143 Å². The van der Waals surface area contributed by atoms with Gasteiger partial charge in [0.05, 0.1) is 0 Å². The third kappa shape index (κ3) is 4.78. The van der Waals surface area contributed by atoms with Gasteiger partial charge >= 0.3 is 0 Å². The maximum absolute atomic E-state index is 5.44. The summed E-state index contributed by atoms with van der Waals surface area (Å²) in [4.78, 5) is 2.47. The minimum Gasteiger partial charge on any atom is -0.358 e. The van der Waals surface area contributed by atoms with Gasteiger partial charge < -0.3 is 10.6 Å². The van der Waals surface area contributed by atoms with Gasteiger partial charge in [-0.25, -0.2) is 0 Å². The molecule has 0 aromatic heterocycles. The number of thiocarbonyl (C=S) groups is 1. The molecule has 1 atom stereocenters. The quantitative estimate of drug-likeness (QED) is 0.841. The Balaban J connectivity index is 1.47. The van der Waals surface area contributed by atoms with Gasteiger partial charge in [0, 0.05) is 31.4 Å². The van der Waals surface area contributed by atoms with Crippen LogP contribution in [-0.2, 0) is 6.54 Å². The van der Waals surface area contributed by atoms with Crippen LogP contribution >= 0.6 is 12.2 Å². The van der Waals surface area contributed by atoms with Gasteiger partial charge in [0.2, 0.25) is 0 Å². The topological polar surface area (TPSA) is 27.3 Å². The molecule has 3 nitrogen and oxygen atoms in total. The van der Waals surface area contributed by atoms with Crippen molar-refractivity contribution < 1.29 is 0 Å². The molecule has 0 saturated carbocycles. The van der Waals surface area contributed by atoms with E-state index in [1.54, 1.807) is 0 Å². The van der Waals surface area contributed by atoms with Crippen molar-refractivity contribution in [2.24, 2.45) is 0 Å². The van der Waals surface area contributed by atoms with Gasteiger partial charge in [0.1, 0.15) is 0 Å². The fourth-order valence-electron chi connectivity index (χ4n) is 3.01. The molecule has 2 N–H and O–H groups in total. The highest BCUT2D eigenvalue weighted by atomic mass is 32.1. The summed E-state index contributed by atoms with van der Waals surface area (Å²) in [6.45, 7) is 5.24. The van der Waals surface area contributed by atoms with Crippen LogP contribution in [0.2, 0.25) is 0 Å². The Bertz CT molecular complexity index is 657. The normalized spacial score (nSPS) is 17.9. The average molecular weight is 325 g/mol. The lowest BCUT2D eigenvalue weighted by Gasteiger charge is -2.18. The van der Waals surface area contributed by atoms with E-state index in [0.29, 0.717) is 11.2 Å². The predicted molar refractivity (Wildman–Crippen MR) is 101 cm³/mol. The predicted octanol–water partition coefficient (Wildman–Crippen LogP) is 3.56. The minimum atomic E-state index is 0.420. The summed E-state index contributed by atoms with van der Waals surface area (Å²) in [5.41, 5.74) is 3.64. The molecule has 0 spiro atoms. The van der Waals surface area contributed by atoms with Gasteiger partial charge in [-0.3, -0.25) is 4.90 Å². The lowest BCUT2D eigenvalue weighted by molar-refractivity contribution is 0.324. The summed E-state index contributed by atoms with van der Waals surface area (Å²) in [7, 11) is 0. The van der Waals surface area contributed by atoms with Crippen LogP contribution in [0.3, 0.4) is 0 Å². The third-order valence-corrected chi connectivity index (χ3v) is 4.35. The van der Waals surface area contributed by atoms with Crippen LogP contribution in [0.1, 0.15) is 17.5 Å². The fourth-order valence-corrected chi connectivity index (χ4v) is 3.30. The second-order valence-corrected chi connectivity index (χ2v) is 6.58. The SMILES string of the molecule is Cc1cccc(NC(=S)N[C@@H]2CCN(Cc3ccccc3)C2)c1. The Hall–Kier alpha value is -1.91. The van der Waals surface area contributed by atoms with Crippen molar-refractivity contribution in [1.82, 2.24) is 10.2 Å². The Morgan fingerprint density at radius 1 is 1.17 bits per heavy atom. The first kappa shape index (κ1) is 16.0. The molecular weight excluding hydrogens is 302 g/mol. The van der Waals surface area contributed by atoms with Crippen LogP contribution in [0.25, 0.3) is 0 Å². The van der Waals surface area contributed by atoms with Crippen LogP contribution < -0.4 is 10.6 Å². The van der Waals surface area contributed by atoms with E-state index in [4.69, 9.17) is 12.2 Å². The van der Waals surface area contributed by atoms with E-state index in [-0.39, 0.29) is 0 Å². The largest absolute Gasteiger partial charge is 0.358 e. The monoisotopic (exact) mass is 325 g/mol. The summed E-state index contributed by atoms with van der Waals surface area (Å²) < 4.78 is 0. The van der Waals surface area contributed by atoms with E-state index >= 15 is 0 Å². The molecule has 1 aliphatic rings. The van der Waals surface area contributed by atoms with Crippen molar-refractivity contribution >= 4 is 23.0 Å². The molecular formula is C19H23N3S. The molecule has 1 saturated heterocycles. The number of benzene rings is 2. The van der Waals surface area contributed by atoms with E-state index in [1.165, 1.54) is 11.1 Å². The van der Waals surface area contributed by atoms with Crippen LogP contribution in [0.4, 0.5) is 5.69 Å². The Morgan fingerprint density at radius 3 is 2.78 bits per heavy atom. The minimum absolute atomic E-state index is 0.420. The van der Waals surface area contributed by atoms with Crippen LogP contribution in [0, 0.1) is 6.92 Å². The lowest BCUT2D eigenvalue weighted by atomic mass is 10.2. The van der Waals surface area contributed by atoms with Crippen molar-refractivity contribution in [3.05, 3.63) is 65.7 Å². The molecule has 0 unspecified atom stereocenters. The highest BCUT2D eigenvalue weighted by molar-refractivity contribution is 7.80. The first-order valence-electron chi connectivity index (χ1n) is 8.09. The van der Waals surface area contributed by atoms with E-state index in [0.717, 1.165) is 31.7 Å². The highest BCUT2D eigenvalue weighted by Crippen LogP contribution is 2.14. The van der Waals surface area contributed by atoms with E-state index in [1.807, 2.05) is 12.1 Å². The second kappa shape index (κ2) is 7.57. The van der Waals surface area contributed by atoms with Crippen molar-refractivity contribution in [1.29, 1.82) is 0 Å². The first-order valence-corrected chi connectivity index (χ1v) is 8.50. The van der Waals surface area contributed by atoms with Gasteiger partial charge in [-0.05, 0) is 48.8 Å². The van der Waals surface area contributed by atoms with Gasteiger partial charge in [0.15, 0.2) is 5.11 Å². The zero-order valence-electron chi connectivity index (χ0n) is 13.5. The van der Waals surface area contributed by atoms with Crippen molar-refractivity contribution in [2.45, 2.75) is 25.9 Å². The van der Waals surface area contributed by atoms with Gasteiger partial charge in [0.25, 0.3) is 0 Å². The van der Waals surface area contributed by atoms with Crippen molar-refractivity contribution in [2.75, 3.05) is 18.4 Å². The summed E-state index contributed by atoms with van der Waals surface area (Å²) in [5.74, 6) is 0. The van der Waals surface area contributed by atoms with Crippen molar-refractivity contribution in [3.8, 4) is 0 Å². The second-order valence-electron chi connectivity index (χ2n) is 6.17. The summed E-state index contributed by atoms with van der Waals surface area (Å²) in [6, 6.07) is 19.3. The van der Waals surface area contributed by atoms with Crippen molar-refractivity contribution in [3.63, 3.8) is 0 Å². The standard InChI is InChI=1S/C19H23N3S/c1-15-6-5-9-17(12-15)20-19(23)21-18-10-11-22(14-18)13-16-7-3-2-4-8-16/h2-9,12,18H,10-11,13-14H2,1H3,(H2,20,21,23)/t18-/m1/s1. The number of rotatable bonds is 4. The number of hydrogen-bond donors (Lipinski definition) is 2. The molecule has 0 bridgehead atoms. The number of likely N-dealkylation sites (tertiary alicyclic amines) is 1. The Morgan fingerprint density at radius 2 is 2.00 bits per heavy atom. The zero-order chi connectivity index (χ0) is 16.1. The molecule has 120 valence electrons. The number of nitrogens with zero attached hydrogens (tertiary/aromatic N) is 1. The lowest BCUT2D eigenvalue weighted by Crippen LogP contribution is -2.39. The molecule has 4 heteroatoms. The number of aryl methyl sites for hydroxylation is 1. The average Bonchev–Trinajstić information content (AvgIpc) is 2.95. The van der Waals surface area contributed by atoms with Crippen LogP contribution in [-0.4, -0.2) is 29.1 Å². The summed E-state index contributed by atoms with van der Waals surface area (Å²) in [5, 5.41) is 7.43. The molecule has 1 heterocycles. The summed E-state index contributed by atoms with van der Waals surface area (Å²) in [6.07, 6.45) is 1.13. The van der Waals surface area contributed by atoms with Gasteiger partial charge in [-0.15, -0.1) is 0 Å². The molecule has 0 radical (unpaired) electrons. The number of anilines is 1. The van der Waals surface area contributed by atoms with Crippen LogP contribution in [0.15, 0.2) is 54.6 Å². The van der Waals surface area contributed by atoms with E-state index in [2.05, 4.69) is 64.9 Å². The molecule has 23 heavy (non-hydrogen) atoms. The zero-order valence-corrected chi connectivity index (χ0v) is 14.3. The number of nitrogens with one attached hydrogen (secondary N) is 2.